The van der Waals surface area contributed by atoms with Crippen LogP contribution in [0.25, 0.3) is 20.3 Å². The van der Waals surface area contributed by atoms with Crippen LogP contribution in [-0.4, -0.2) is 52.9 Å². The van der Waals surface area contributed by atoms with E-state index in [-0.39, 0.29) is 0 Å². The van der Waals surface area contributed by atoms with Crippen LogP contribution in [0.15, 0.2) is 18.2 Å². The second kappa shape index (κ2) is 8.29. The SMILES string of the molecule is Nc1nc(N2CC3CCCNC3C2)c2sc3ccc(Cl)cc3c2n1.O=C(O)C(F)(F)F. The van der Waals surface area contributed by atoms with Crippen LogP contribution < -0.4 is 16.0 Å². The number of thiophene rings is 1. The first-order valence-corrected chi connectivity index (χ1v) is 10.8. The Morgan fingerprint density at radius 2 is 2.06 bits per heavy atom. The fourth-order valence-electron chi connectivity index (χ4n) is 4.05. The predicted molar refractivity (Wildman–Crippen MR) is 115 cm³/mol. The third kappa shape index (κ3) is 4.48. The number of nitrogens with one attached hydrogen (secondary N) is 1. The van der Waals surface area contributed by atoms with Gasteiger partial charge in [0.1, 0.15) is 0 Å². The molecule has 2 saturated heterocycles. The summed E-state index contributed by atoms with van der Waals surface area (Å²) in [6.45, 7) is 3.15. The standard InChI is InChI=1S/C17H18ClN5S.C2HF3O2/c18-10-3-4-13-11(6-10)14-15(24-13)16(22-17(19)21-14)23-7-9-2-1-5-20-12(9)8-23;3-2(4,5)1(6)7/h3-4,6,9,12,20H,1-2,5,7-8H2,(H2,19,21,22);(H,6,7). The molecule has 2 fully saturated rings. The van der Waals surface area contributed by atoms with Crippen LogP contribution >= 0.6 is 22.9 Å². The quantitative estimate of drug-likeness (QED) is 0.492. The van der Waals surface area contributed by atoms with E-state index in [9.17, 15) is 13.2 Å². The van der Waals surface area contributed by atoms with E-state index in [2.05, 4.69) is 26.3 Å². The Kier molecular flexibility index (Phi) is 5.84. The normalized spacial score (nSPS) is 21.1. The maximum absolute atomic E-state index is 10.6. The Balaban J connectivity index is 0.000000289. The summed E-state index contributed by atoms with van der Waals surface area (Å²) in [6.07, 6.45) is -2.53. The van der Waals surface area contributed by atoms with Crippen LogP contribution in [0, 0.1) is 5.92 Å². The number of aromatic nitrogens is 2. The van der Waals surface area contributed by atoms with Crippen molar-refractivity contribution in [3.8, 4) is 0 Å². The van der Waals surface area contributed by atoms with Gasteiger partial charge < -0.3 is 21.1 Å². The highest BCUT2D eigenvalue weighted by Gasteiger charge is 2.38. The van der Waals surface area contributed by atoms with Crippen LogP contribution in [0.1, 0.15) is 12.8 Å². The van der Waals surface area contributed by atoms with Gasteiger partial charge in [-0.1, -0.05) is 11.6 Å². The first kappa shape index (κ1) is 21.8. The molecule has 2 aliphatic rings. The summed E-state index contributed by atoms with van der Waals surface area (Å²) in [6, 6.07) is 6.50. The molecule has 0 spiro atoms. The summed E-state index contributed by atoms with van der Waals surface area (Å²) < 4.78 is 34.0. The van der Waals surface area contributed by atoms with Crippen LogP contribution in [0.4, 0.5) is 24.9 Å². The van der Waals surface area contributed by atoms with Gasteiger partial charge in [0.05, 0.1) is 10.2 Å². The smallest absolute Gasteiger partial charge is 0.475 e. The van der Waals surface area contributed by atoms with E-state index in [1.165, 1.54) is 17.5 Å². The van der Waals surface area contributed by atoms with Crippen molar-refractivity contribution in [2.45, 2.75) is 25.1 Å². The van der Waals surface area contributed by atoms with E-state index in [0.717, 1.165) is 46.1 Å². The first-order valence-electron chi connectivity index (χ1n) is 9.57. The van der Waals surface area contributed by atoms with Crippen LogP contribution in [0.5, 0.6) is 0 Å². The monoisotopic (exact) mass is 473 g/mol. The maximum atomic E-state index is 10.6. The van der Waals surface area contributed by atoms with E-state index < -0.39 is 12.1 Å². The molecule has 4 heterocycles. The fourth-order valence-corrected chi connectivity index (χ4v) is 5.36. The number of hydrogen-bond donors (Lipinski definition) is 3. The Morgan fingerprint density at radius 1 is 1.32 bits per heavy atom. The van der Waals surface area contributed by atoms with Crippen LogP contribution in [-0.2, 0) is 4.79 Å². The number of nitrogen functional groups attached to an aromatic ring is 1. The molecule has 3 aromatic rings. The van der Waals surface area contributed by atoms with E-state index in [4.69, 9.17) is 27.2 Å². The molecule has 0 aliphatic carbocycles. The zero-order valence-electron chi connectivity index (χ0n) is 16.1. The number of carboxylic acid groups (broad SMARTS) is 1. The maximum Gasteiger partial charge on any atom is 0.490 e. The molecule has 0 radical (unpaired) electrons. The lowest BCUT2D eigenvalue weighted by atomic mass is 9.94. The van der Waals surface area contributed by atoms with E-state index >= 15 is 0 Å². The number of hydrogen-bond acceptors (Lipinski definition) is 7. The molecule has 2 atom stereocenters. The minimum absolute atomic E-state index is 0.333. The minimum atomic E-state index is -5.08. The van der Waals surface area contributed by atoms with Crippen molar-refractivity contribution >= 4 is 61.0 Å². The summed E-state index contributed by atoms with van der Waals surface area (Å²) >= 11 is 7.90. The summed E-state index contributed by atoms with van der Waals surface area (Å²) in [5.74, 6) is -0.743. The molecule has 0 saturated carbocycles. The van der Waals surface area contributed by atoms with Gasteiger partial charge in [-0.3, -0.25) is 0 Å². The van der Waals surface area contributed by atoms with Gasteiger partial charge in [-0.15, -0.1) is 11.3 Å². The highest BCUT2D eigenvalue weighted by atomic mass is 35.5. The van der Waals surface area contributed by atoms with Crippen molar-refractivity contribution in [3.63, 3.8) is 0 Å². The van der Waals surface area contributed by atoms with Crippen molar-refractivity contribution < 1.29 is 23.1 Å². The number of nitrogens with two attached hydrogens (primary N) is 1. The highest BCUT2D eigenvalue weighted by molar-refractivity contribution is 7.26. The largest absolute Gasteiger partial charge is 0.490 e. The topological polar surface area (TPSA) is 104 Å². The van der Waals surface area contributed by atoms with E-state index in [1.807, 2.05) is 12.1 Å². The lowest BCUT2D eigenvalue weighted by Crippen LogP contribution is -2.40. The Hall–Kier alpha value is -2.37. The van der Waals surface area contributed by atoms with Gasteiger partial charge in [0, 0.05) is 34.2 Å². The number of nitrogens with zero attached hydrogens (tertiary/aromatic N) is 3. The van der Waals surface area contributed by atoms with Crippen molar-refractivity contribution in [2.75, 3.05) is 30.3 Å². The second-order valence-corrected chi connectivity index (χ2v) is 8.99. The third-order valence-electron chi connectivity index (χ3n) is 5.41. The number of fused-ring (bicyclic) bond motifs is 4. The average Bonchev–Trinajstić information content (AvgIpc) is 3.28. The molecule has 7 nitrogen and oxygen atoms in total. The van der Waals surface area contributed by atoms with Gasteiger partial charge in [0.25, 0.3) is 0 Å². The molecule has 12 heteroatoms. The number of piperidine rings is 1. The van der Waals surface area contributed by atoms with Gasteiger partial charge in [0.2, 0.25) is 5.95 Å². The Morgan fingerprint density at radius 3 is 2.74 bits per heavy atom. The molecule has 5 rings (SSSR count). The Labute approximate surface area is 184 Å². The molecular formula is C19H19ClF3N5O2S. The van der Waals surface area contributed by atoms with Crippen molar-refractivity contribution in [3.05, 3.63) is 23.2 Å². The van der Waals surface area contributed by atoms with Gasteiger partial charge in [0.15, 0.2) is 5.82 Å². The average molecular weight is 474 g/mol. The van der Waals surface area contributed by atoms with Gasteiger partial charge in [-0.25, -0.2) is 9.78 Å². The molecule has 1 aromatic carbocycles. The molecule has 0 bridgehead atoms. The lowest BCUT2D eigenvalue weighted by molar-refractivity contribution is -0.192. The molecule has 0 amide bonds. The number of rotatable bonds is 1. The molecule has 2 aliphatic heterocycles. The molecule has 4 N–H and O–H groups in total. The molecule has 2 aromatic heterocycles. The summed E-state index contributed by atoms with van der Waals surface area (Å²) in [5, 5.41) is 12.6. The minimum Gasteiger partial charge on any atom is -0.475 e. The van der Waals surface area contributed by atoms with Crippen molar-refractivity contribution in [1.82, 2.24) is 15.3 Å². The number of anilines is 2. The zero-order valence-corrected chi connectivity index (χ0v) is 17.7. The highest BCUT2D eigenvalue weighted by Crippen LogP contribution is 2.40. The predicted octanol–water partition coefficient (Wildman–Crippen LogP) is 3.90. The summed E-state index contributed by atoms with van der Waals surface area (Å²) in [4.78, 5) is 20.4. The number of alkyl halides is 3. The van der Waals surface area contributed by atoms with E-state index in [0.29, 0.717) is 17.9 Å². The number of benzene rings is 1. The van der Waals surface area contributed by atoms with E-state index in [1.54, 1.807) is 11.3 Å². The van der Waals surface area contributed by atoms with Gasteiger partial charge in [-0.05, 0) is 43.5 Å². The number of carboxylic acids is 1. The number of halogens is 4. The summed E-state index contributed by atoms with van der Waals surface area (Å²) in [5.41, 5.74) is 6.95. The van der Waals surface area contributed by atoms with Gasteiger partial charge in [-0.2, -0.15) is 18.2 Å². The molecule has 31 heavy (non-hydrogen) atoms. The Bertz CT molecular complexity index is 1130. The number of aliphatic carboxylic acids is 1. The number of carbonyl (C=O) groups is 1. The van der Waals surface area contributed by atoms with Gasteiger partial charge >= 0.3 is 12.1 Å². The second-order valence-electron chi connectivity index (χ2n) is 7.50. The molecule has 166 valence electrons. The molecular weight excluding hydrogens is 455 g/mol. The summed E-state index contributed by atoms with van der Waals surface area (Å²) in [7, 11) is 0. The fraction of sp³-hybridized carbons (Fsp3) is 0.421. The van der Waals surface area contributed by atoms with Crippen LogP contribution in [0.2, 0.25) is 5.02 Å². The van der Waals surface area contributed by atoms with Crippen LogP contribution in [0.3, 0.4) is 0 Å². The third-order valence-corrected chi connectivity index (χ3v) is 6.81. The first-order chi connectivity index (χ1) is 14.6. The van der Waals surface area contributed by atoms with Crippen molar-refractivity contribution in [2.24, 2.45) is 5.92 Å². The lowest BCUT2D eigenvalue weighted by Gasteiger charge is -2.24. The zero-order chi connectivity index (χ0) is 22.3. The molecule has 2 unspecified atom stereocenters. The van der Waals surface area contributed by atoms with Crippen molar-refractivity contribution in [1.29, 1.82) is 0 Å².